The van der Waals surface area contributed by atoms with Crippen LogP contribution in [0, 0.1) is 18.3 Å². The van der Waals surface area contributed by atoms with Crippen molar-refractivity contribution in [3.63, 3.8) is 0 Å². The summed E-state index contributed by atoms with van der Waals surface area (Å²) in [4.78, 5) is 18.6. The van der Waals surface area contributed by atoms with Crippen LogP contribution < -0.4 is 5.32 Å². The number of amides is 1. The number of nitriles is 1. The largest absolute Gasteiger partial charge is 0.321 e. The standard InChI is InChI=1S/C17H13N3OS2/c1-11-15(23-17(19-11)14-3-2-10-22-14)16(21)20-13-6-4-12(5-7-13)8-9-18/h2-7,10H,8H2,1H3,(H,20,21). The lowest BCUT2D eigenvalue weighted by molar-refractivity contribution is 0.103. The van der Waals surface area contributed by atoms with Crippen molar-refractivity contribution in [2.45, 2.75) is 13.3 Å². The first-order chi connectivity index (χ1) is 11.2. The number of anilines is 1. The van der Waals surface area contributed by atoms with E-state index in [9.17, 15) is 4.79 Å². The Bertz CT molecular complexity index is 858. The van der Waals surface area contributed by atoms with E-state index >= 15 is 0 Å². The molecule has 0 aliphatic carbocycles. The number of thiophene rings is 1. The summed E-state index contributed by atoms with van der Waals surface area (Å²) < 4.78 is 0. The van der Waals surface area contributed by atoms with E-state index in [1.54, 1.807) is 23.5 Å². The SMILES string of the molecule is Cc1nc(-c2cccs2)sc1C(=O)Nc1ccc(CC#N)cc1. The van der Waals surface area contributed by atoms with Crippen molar-refractivity contribution in [1.29, 1.82) is 5.26 Å². The van der Waals surface area contributed by atoms with Crippen LogP contribution in [0.1, 0.15) is 20.9 Å². The molecule has 0 saturated heterocycles. The van der Waals surface area contributed by atoms with Crippen molar-refractivity contribution in [3.05, 3.63) is 57.9 Å². The van der Waals surface area contributed by atoms with Crippen LogP contribution in [0.15, 0.2) is 41.8 Å². The van der Waals surface area contributed by atoms with Gasteiger partial charge >= 0.3 is 0 Å². The molecule has 0 radical (unpaired) electrons. The Morgan fingerprint density at radius 3 is 2.74 bits per heavy atom. The number of benzene rings is 1. The third kappa shape index (κ3) is 3.47. The summed E-state index contributed by atoms with van der Waals surface area (Å²) >= 11 is 3.01. The number of thiazole rings is 1. The average Bonchev–Trinajstić information content (AvgIpc) is 3.18. The quantitative estimate of drug-likeness (QED) is 0.761. The Kier molecular flexibility index (Phi) is 4.51. The molecule has 1 amide bonds. The van der Waals surface area contributed by atoms with Crippen LogP contribution in [0.3, 0.4) is 0 Å². The molecule has 4 nitrogen and oxygen atoms in total. The van der Waals surface area contributed by atoms with Crippen molar-refractivity contribution < 1.29 is 4.79 Å². The van der Waals surface area contributed by atoms with Crippen LogP contribution in [0.5, 0.6) is 0 Å². The summed E-state index contributed by atoms with van der Waals surface area (Å²) in [5, 5.41) is 14.4. The van der Waals surface area contributed by atoms with Crippen molar-refractivity contribution in [2.24, 2.45) is 0 Å². The van der Waals surface area contributed by atoms with Gasteiger partial charge in [-0.25, -0.2) is 4.98 Å². The van der Waals surface area contributed by atoms with Crippen LogP contribution in [0.25, 0.3) is 9.88 Å². The van der Waals surface area contributed by atoms with E-state index in [1.807, 2.05) is 36.6 Å². The molecule has 0 aliphatic rings. The Balaban J connectivity index is 1.77. The van der Waals surface area contributed by atoms with Gasteiger partial charge in [-0.3, -0.25) is 4.79 Å². The Labute approximate surface area is 142 Å². The van der Waals surface area contributed by atoms with Gasteiger partial charge in [0, 0.05) is 5.69 Å². The molecule has 0 fully saturated rings. The zero-order chi connectivity index (χ0) is 16.2. The molecule has 3 rings (SSSR count). The molecule has 0 saturated carbocycles. The van der Waals surface area contributed by atoms with Gasteiger partial charge in [0.25, 0.3) is 5.91 Å². The van der Waals surface area contributed by atoms with Crippen LogP contribution in [-0.2, 0) is 6.42 Å². The fraction of sp³-hybridized carbons (Fsp3) is 0.118. The summed E-state index contributed by atoms with van der Waals surface area (Å²) in [7, 11) is 0. The first-order valence-corrected chi connectivity index (χ1v) is 8.65. The van der Waals surface area contributed by atoms with Gasteiger partial charge in [0.05, 0.1) is 23.1 Å². The number of hydrogen-bond donors (Lipinski definition) is 1. The monoisotopic (exact) mass is 339 g/mol. The van der Waals surface area contributed by atoms with E-state index < -0.39 is 0 Å². The summed E-state index contributed by atoms with van der Waals surface area (Å²) in [5.74, 6) is -0.157. The van der Waals surface area contributed by atoms with Gasteiger partial charge in [0.15, 0.2) is 0 Å². The normalized spacial score (nSPS) is 10.3. The molecule has 0 unspecified atom stereocenters. The van der Waals surface area contributed by atoms with Gasteiger partial charge in [0.1, 0.15) is 9.88 Å². The molecule has 0 bridgehead atoms. The lowest BCUT2D eigenvalue weighted by Gasteiger charge is -2.04. The van der Waals surface area contributed by atoms with Crippen LogP contribution >= 0.6 is 22.7 Å². The van der Waals surface area contributed by atoms with E-state index in [4.69, 9.17) is 5.26 Å². The predicted octanol–water partition coefficient (Wildman–Crippen LogP) is 4.50. The van der Waals surface area contributed by atoms with E-state index in [0.29, 0.717) is 17.0 Å². The third-order valence-electron chi connectivity index (χ3n) is 3.23. The van der Waals surface area contributed by atoms with Crippen LogP contribution in [-0.4, -0.2) is 10.9 Å². The van der Waals surface area contributed by atoms with E-state index in [1.165, 1.54) is 11.3 Å². The highest BCUT2D eigenvalue weighted by Gasteiger charge is 2.16. The minimum absolute atomic E-state index is 0.157. The number of hydrogen-bond acceptors (Lipinski definition) is 5. The molecular weight excluding hydrogens is 326 g/mol. The summed E-state index contributed by atoms with van der Waals surface area (Å²) in [6.07, 6.45) is 0.367. The van der Waals surface area contributed by atoms with E-state index in [0.717, 1.165) is 21.1 Å². The number of rotatable bonds is 4. The topological polar surface area (TPSA) is 65.8 Å². The second-order valence-electron chi connectivity index (χ2n) is 4.90. The van der Waals surface area contributed by atoms with Crippen molar-refractivity contribution in [1.82, 2.24) is 4.98 Å². The van der Waals surface area contributed by atoms with Gasteiger partial charge < -0.3 is 5.32 Å². The molecule has 2 heterocycles. The maximum absolute atomic E-state index is 12.4. The lowest BCUT2D eigenvalue weighted by atomic mass is 10.1. The number of nitrogens with one attached hydrogen (secondary N) is 1. The van der Waals surface area contributed by atoms with Crippen LogP contribution in [0.4, 0.5) is 5.69 Å². The first-order valence-electron chi connectivity index (χ1n) is 6.96. The third-order valence-corrected chi connectivity index (χ3v) is 5.43. The smallest absolute Gasteiger partial charge is 0.267 e. The first kappa shape index (κ1) is 15.4. The Hall–Kier alpha value is -2.49. The molecule has 0 spiro atoms. The molecule has 0 aliphatic heterocycles. The van der Waals surface area contributed by atoms with Gasteiger partial charge in [-0.1, -0.05) is 18.2 Å². The zero-order valence-electron chi connectivity index (χ0n) is 12.4. The molecule has 2 aromatic heterocycles. The number of carbonyl (C=O) groups is 1. The van der Waals surface area contributed by atoms with Gasteiger partial charge in [-0.2, -0.15) is 5.26 Å². The molecule has 3 aromatic rings. The maximum atomic E-state index is 12.4. The van der Waals surface area contributed by atoms with Crippen LogP contribution in [0.2, 0.25) is 0 Å². The van der Waals surface area contributed by atoms with Gasteiger partial charge in [0.2, 0.25) is 0 Å². The molecule has 1 N–H and O–H groups in total. The van der Waals surface area contributed by atoms with Crippen molar-refractivity contribution in [2.75, 3.05) is 5.32 Å². The number of aromatic nitrogens is 1. The minimum Gasteiger partial charge on any atom is -0.321 e. The number of carbonyl (C=O) groups excluding carboxylic acids is 1. The molecular formula is C17H13N3OS2. The summed E-state index contributed by atoms with van der Waals surface area (Å²) in [6.45, 7) is 1.85. The molecule has 1 aromatic carbocycles. The Morgan fingerprint density at radius 1 is 1.30 bits per heavy atom. The predicted molar refractivity (Wildman–Crippen MR) is 93.9 cm³/mol. The summed E-state index contributed by atoms with van der Waals surface area (Å²) in [6, 6.07) is 13.4. The van der Waals surface area contributed by atoms with E-state index in [2.05, 4.69) is 16.4 Å². The van der Waals surface area contributed by atoms with E-state index in [-0.39, 0.29) is 5.91 Å². The molecule has 0 atom stereocenters. The minimum atomic E-state index is -0.157. The second-order valence-corrected chi connectivity index (χ2v) is 6.84. The fourth-order valence-electron chi connectivity index (χ4n) is 2.10. The second kappa shape index (κ2) is 6.73. The zero-order valence-corrected chi connectivity index (χ0v) is 14.0. The molecule has 6 heteroatoms. The fourth-order valence-corrected chi connectivity index (χ4v) is 3.86. The highest BCUT2D eigenvalue weighted by molar-refractivity contribution is 7.22. The van der Waals surface area contributed by atoms with Gasteiger partial charge in [-0.15, -0.1) is 22.7 Å². The Morgan fingerprint density at radius 2 is 2.09 bits per heavy atom. The number of aryl methyl sites for hydroxylation is 1. The number of nitrogens with zero attached hydrogens (tertiary/aromatic N) is 2. The highest BCUT2D eigenvalue weighted by Crippen LogP contribution is 2.31. The summed E-state index contributed by atoms with van der Waals surface area (Å²) in [5.41, 5.74) is 2.37. The molecule has 23 heavy (non-hydrogen) atoms. The van der Waals surface area contributed by atoms with Gasteiger partial charge in [-0.05, 0) is 36.1 Å². The highest BCUT2D eigenvalue weighted by atomic mass is 32.1. The maximum Gasteiger partial charge on any atom is 0.267 e. The average molecular weight is 339 g/mol. The van der Waals surface area contributed by atoms with Crippen molar-refractivity contribution in [3.8, 4) is 16.0 Å². The van der Waals surface area contributed by atoms with Crippen molar-refractivity contribution >= 4 is 34.3 Å². The lowest BCUT2D eigenvalue weighted by Crippen LogP contribution is -2.11. The molecule has 114 valence electrons.